The lowest BCUT2D eigenvalue weighted by atomic mass is 10.1. The third-order valence-electron chi connectivity index (χ3n) is 2.78. The maximum absolute atomic E-state index is 11.5. The molecule has 0 aliphatic heterocycles. The monoisotopic (exact) mass is 220 g/mol. The van der Waals surface area contributed by atoms with Gasteiger partial charge < -0.3 is 9.47 Å². The van der Waals surface area contributed by atoms with Crippen LogP contribution in [-0.2, 0) is 4.74 Å². The van der Waals surface area contributed by atoms with E-state index in [1.807, 2.05) is 19.1 Å². The summed E-state index contributed by atoms with van der Waals surface area (Å²) in [6.45, 7) is 2.64. The first kappa shape index (κ1) is 11.0. The average Bonchev–Trinajstić information content (AvgIpc) is 3.10. The van der Waals surface area contributed by atoms with Crippen molar-refractivity contribution in [2.75, 3.05) is 13.7 Å². The van der Waals surface area contributed by atoms with E-state index < -0.39 is 0 Å². The fourth-order valence-corrected chi connectivity index (χ4v) is 1.60. The van der Waals surface area contributed by atoms with Crippen LogP contribution in [0.5, 0.6) is 5.75 Å². The van der Waals surface area contributed by atoms with Crippen molar-refractivity contribution in [3.8, 4) is 5.75 Å². The highest BCUT2D eigenvalue weighted by Gasteiger charge is 2.23. The number of esters is 1. The van der Waals surface area contributed by atoms with E-state index in [0.717, 1.165) is 5.56 Å². The Balaban J connectivity index is 2.20. The van der Waals surface area contributed by atoms with E-state index in [0.29, 0.717) is 23.8 Å². The minimum atomic E-state index is -0.338. The molecule has 1 aromatic rings. The number of hydrogen-bond acceptors (Lipinski definition) is 3. The van der Waals surface area contributed by atoms with Gasteiger partial charge in [0.15, 0.2) is 0 Å². The normalized spacial score (nSPS) is 14.6. The quantitative estimate of drug-likeness (QED) is 0.731. The van der Waals surface area contributed by atoms with Gasteiger partial charge in [-0.2, -0.15) is 0 Å². The average molecular weight is 220 g/mol. The van der Waals surface area contributed by atoms with Crippen molar-refractivity contribution in [3.05, 3.63) is 29.3 Å². The zero-order valence-corrected chi connectivity index (χ0v) is 9.66. The molecular formula is C13H16O3. The maximum atomic E-state index is 11.5. The van der Waals surface area contributed by atoms with Gasteiger partial charge in [-0.3, -0.25) is 0 Å². The van der Waals surface area contributed by atoms with Gasteiger partial charge in [-0.1, -0.05) is 12.1 Å². The summed E-state index contributed by atoms with van der Waals surface area (Å²) in [7, 11) is 1.38. The lowest BCUT2D eigenvalue weighted by Crippen LogP contribution is -2.08. The molecular weight excluding hydrogens is 204 g/mol. The topological polar surface area (TPSA) is 35.5 Å². The predicted octanol–water partition coefficient (Wildman–Crippen LogP) is 2.57. The highest BCUT2D eigenvalue weighted by Crippen LogP contribution is 2.31. The number of hydrogen-bond donors (Lipinski definition) is 0. The van der Waals surface area contributed by atoms with Gasteiger partial charge in [0.2, 0.25) is 0 Å². The molecule has 0 amide bonds. The third-order valence-corrected chi connectivity index (χ3v) is 2.78. The molecule has 0 saturated heterocycles. The van der Waals surface area contributed by atoms with E-state index in [-0.39, 0.29) is 5.97 Å². The van der Waals surface area contributed by atoms with Crippen LogP contribution < -0.4 is 4.74 Å². The summed E-state index contributed by atoms with van der Waals surface area (Å²) < 4.78 is 10.4. The van der Waals surface area contributed by atoms with E-state index in [2.05, 4.69) is 0 Å². The van der Waals surface area contributed by atoms with Crippen molar-refractivity contribution in [1.82, 2.24) is 0 Å². The Bertz CT molecular complexity index is 394. The number of rotatable bonds is 4. The summed E-state index contributed by atoms with van der Waals surface area (Å²) in [5.41, 5.74) is 1.49. The van der Waals surface area contributed by atoms with Crippen LogP contribution in [0, 0.1) is 12.8 Å². The van der Waals surface area contributed by atoms with E-state index in [9.17, 15) is 4.79 Å². The smallest absolute Gasteiger partial charge is 0.341 e. The van der Waals surface area contributed by atoms with E-state index >= 15 is 0 Å². The molecule has 16 heavy (non-hydrogen) atoms. The highest BCUT2D eigenvalue weighted by molar-refractivity contribution is 5.92. The first-order chi connectivity index (χ1) is 7.72. The number of methoxy groups -OCH3 is 1. The fraction of sp³-hybridized carbons (Fsp3) is 0.462. The molecule has 3 nitrogen and oxygen atoms in total. The number of ether oxygens (including phenoxy) is 2. The molecule has 0 heterocycles. The van der Waals surface area contributed by atoms with Gasteiger partial charge in [-0.25, -0.2) is 4.79 Å². The lowest BCUT2D eigenvalue weighted by Gasteiger charge is -2.12. The molecule has 1 aliphatic rings. The second-order valence-corrected chi connectivity index (χ2v) is 4.20. The zero-order chi connectivity index (χ0) is 11.5. The predicted molar refractivity (Wildman–Crippen MR) is 60.7 cm³/mol. The van der Waals surface area contributed by atoms with E-state index in [1.54, 1.807) is 6.07 Å². The van der Waals surface area contributed by atoms with Crippen LogP contribution in [0.25, 0.3) is 0 Å². The summed E-state index contributed by atoms with van der Waals surface area (Å²) in [5, 5.41) is 0. The molecule has 0 spiro atoms. The molecule has 0 radical (unpaired) electrons. The van der Waals surface area contributed by atoms with Gasteiger partial charge in [-0.15, -0.1) is 0 Å². The molecule has 86 valence electrons. The molecule has 0 bridgehead atoms. The van der Waals surface area contributed by atoms with Gasteiger partial charge in [0.1, 0.15) is 11.3 Å². The Morgan fingerprint density at radius 1 is 1.44 bits per heavy atom. The van der Waals surface area contributed by atoms with Crippen LogP contribution in [0.2, 0.25) is 0 Å². The van der Waals surface area contributed by atoms with Crippen LogP contribution in [0.4, 0.5) is 0 Å². The summed E-state index contributed by atoms with van der Waals surface area (Å²) in [6, 6.07) is 5.52. The van der Waals surface area contributed by atoms with Gasteiger partial charge in [0.25, 0.3) is 0 Å². The second-order valence-electron chi connectivity index (χ2n) is 4.20. The molecule has 0 aromatic heterocycles. The second kappa shape index (κ2) is 4.56. The fourth-order valence-electron chi connectivity index (χ4n) is 1.60. The standard InChI is InChI=1S/C13H16O3/c1-9-4-3-5-11(13(14)15-2)12(9)16-8-10-6-7-10/h3-5,10H,6-8H2,1-2H3. The number of benzene rings is 1. The first-order valence-electron chi connectivity index (χ1n) is 5.53. The molecule has 1 aromatic carbocycles. The molecule has 0 unspecified atom stereocenters. The molecule has 1 fully saturated rings. The van der Waals surface area contributed by atoms with Crippen LogP contribution in [0.3, 0.4) is 0 Å². The van der Waals surface area contributed by atoms with Gasteiger partial charge in [0, 0.05) is 0 Å². The molecule has 0 N–H and O–H groups in total. The number of carbonyl (C=O) groups excluding carboxylic acids is 1. The summed E-state index contributed by atoms with van der Waals surface area (Å²) >= 11 is 0. The summed E-state index contributed by atoms with van der Waals surface area (Å²) in [5.74, 6) is 1.00. The first-order valence-corrected chi connectivity index (χ1v) is 5.53. The third kappa shape index (κ3) is 2.35. The minimum Gasteiger partial charge on any atom is -0.492 e. The highest BCUT2D eigenvalue weighted by atomic mass is 16.5. The van der Waals surface area contributed by atoms with Crippen LogP contribution >= 0.6 is 0 Å². The Morgan fingerprint density at radius 3 is 2.81 bits per heavy atom. The van der Waals surface area contributed by atoms with Crippen molar-refractivity contribution in [2.45, 2.75) is 19.8 Å². The van der Waals surface area contributed by atoms with Crippen molar-refractivity contribution < 1.29 is 14.3 Å². The summed E-state index contributed by atoms with van der Waals surface area (Å²) in [6.07, 6.45) is 2.47. The Morgan fingerprint density at radius 2 is 2.19 bits per heavy atom. The summed E-state index contributed by atoms with van der Waals surface area (Å²) in [4.78, 5) is 11.5. The van der Waals surface area contributed by atoms with Crippen molar-refractivity contribution >= 4 is 5.97 Å². The molecule has 1 aliphatic carbocycles. The number of aryl methyl sites for hydroxylation is 1. The molecule has 1 saturated carbocycles. The largest absolute Gasteiger partial charge is 0.492 e. The number of para-hydroxylation sites is 1. The zero-order valence-electron chi connectivity index (χ0n) is 9.66. The van der Waals surface area contributed by atoms with Crippen molar-refractivity contribution in [3.63, 3.8) is 0 Å². The van der Waals surface area contributed by atoms with Crippen LogP contribution in [-0.4, -0.2) is 19.7 Å². The Kier molecular flexibility index (Phi) is 3.13. The lowest BCUT2D eigenvalue weighted by molar-refractivity contribution is 0.0595. The van der Waals surface area contributed by atoms with Crippen molar-refractivity contribution in [1.29, 1.82) is 0 Å². The van der Waals surface area contributed by atoms with E-state index in [1.165, 1.54) is 20.0 Å². The Labute approximate surface area is 95.4 Å². The van der Waals surface area contributed by atoms with Gasteiger partial charge >= 0.3 is 5.97 Å². The van der Waals surface area contributed by atoms with Crippen molar-refractivity contribution in [2.24, 2.45) is 5.92 Å². The van der Waals surface area contributed by atoms with Crippen LogP contribution in [0.15, 0.2) is 18.2 Å². The van der Waals surface area contributed by atoms with E-state index in [4.69, 9.17) is 9.47 Å². The molecule has 2 rings (SSSR count). The SMILES string of the molecule is COC(=O)c1cccc(C)c1OCC1CC1. The molecule has 0 atom stereocenters. The number of carbonyl (C=O) groups is 1. The Hall–Kier alpha value is -1.51. The minimum absolute atomic E-state index is 0.338. The van der Waals surface area contributed by atoms with Gasteiger partial charge in [0.05, 0.1) is 13.7 Å². The van der Waals surface area contributed by atoms with Crippen LogP contribution in [0.1, 0.15) is 28.8 Å². The maximum Gasteiger partial charge on any atom is 0.341 e. The molecule has 3 heteroatoms. The van der Waals surface area contributed by atoms with Gasteiger partial charge in [-0.05, 0) is 37.3 Å².